The minimum absolute atomic E-state index is 0.166. The van der Waals surface area contributed by atoms with Crippen LogP contribution in [-0.2, 0) is 6.54 Å². The van der Waals surface area contributed by atoms with Crippen molar-refractivity contribution in [2.45, 2.75) is 26.3 Å². The van der Waals surface area contributed by atoms with E-state index in [0.717, 1.165) is 17.0 Å². The van der Waals surface area contributed by atoms with Gasteiger partial charge in [-0.2, -0.15) is 0 Å². The summed E-state index contributed by atoms with van der Waals surface area (Å²) < 4.78 is 10.6. The molecule has 0 aliphatic heterocycles. The molecule has 0 spiro atoms. The maximum Gasteiger partial charge on any atom is 0.251 e. The number of hydrogen-bond donors (Lipinski definition) is 1. The van der Waals surface area contributed by atoms with Crippen molar-refractivity contribution in [3.63, 3.8) is 0 Å². The van der Waals surface area contributed by atoms with Gasteiger partial charge < -0.3 is 14.3 Å². The third-order valence-corrected chi connectivity index (χ3v) is 3.52. The summed E-state index contributed by atoms with van der Waals surface area (Å²) >= 11 is 0. The van der Waals surface area contributed by atoms with E-state index in [9.17, 15) is 4.79 Å². The zero-order valence-electron chi connectivity index (χ0n) is 13.1. The predicted molar refractivity (Wildman–Crippen MR) is 85.9 cm³/mol. The largest absolute Gasteiger partial charge is 0.464 e. The van der Waals surface area contributed by atoms with Crippen LogP contribution < -0.4 is 5.32 Å². The van der Waals surface area contributed by atoms with Crippen molar-refractivity contribution in [1.29, 1.82) is 0 Å². The van der Waals surface area contributed by atoms with Crippen molar-refractivity contribution in [3.05, 3.63) is 65.7 Å². The maximum absolute atomic E-state index is 12.3. The van der Waals surface area contributed by atoms with Gasteiger partial charge in [-0.05, 0) is 30.2 Å². The first-order valence-electron chi connectivity index (χ1n) is 7.51. The highest BCUT2D eigenvalue weighted by Gasteiger charge is 2.11. The van der Waals surface area contributed by atoms with Crippen LogP contribution in [-0.4, -0.2) is 11.1 Å². The molecule has 0 saturated carbocycles. The normalized spacial score (nSPS) is 10.9. The zero-order valence-corrected chi connectivity index (χ0v) is 13.1. The summed E-state index contributed by atoms with van der Waals surface area (Å²) in [6.07, 6.45) is 1.61. The topological polar surface area (TPSA) is 68.3 Å². The number of rotatable bonds is 5. The SMILES string of the molecule is CC(C)c1cc(CNC(=O)c2cccc(-c3ccco3)c2)on1. The molecular formula is C18H18N2O3. The molecule has 0 fully saturated rings. The van der Waals surface area contributed by atoms with Gasteiger partial charge in [-0.1, -0.05) is 31.1 Å². The van der Waals surface area contributed by atoms with Gasteiger partial charge in [0.1, 0.15) is 5.76 Å². The van der Waals surface area contributed by atoms with Gasteiger partial charge in [0, 0.05) is 17.2 Å². The van der Waals surface area contributed by atoms with Crippen LogP contribution in [0, 0.1) is 0 Å². The number of carbonyl (C=O) groups excluding carboxylic acids is 1. The Labute approximate surface area is 134 Å². The molecule has 0 unspecified atom stereocenters. The Morgan fingerprint density at radius 1 is 1.22 bits per heavy atom. The molecule has 0 bridgehead atoms. The maximum atomic E-state index is 12.3. The van der Waals surface area contributed by atoms with Crippen molar-refractivity contribution < 1.29 is 13.7 Å². The molecule has 5 heteroatoms. The van der Waals surface area contributed by atoms with Gasteiger partial charge in [-0.3, -0.25) is 4.79 Å². The van der Waals surface area contributed by atoms with Crippen LogP contribution in [0.25, 0.3) is 11.3 Å². The molecule has 2 heterocycles. The smallest absolute Gasteiger partial charge is 0.251 e. The minimum Gasteiger partial charge on any atom is -0.464 e. The molecule has 0 radical (unpaired) electrons. The van der Waals surface area contributed by atoms with Crippen molar-refractivity contribution in [3.8, 4) is 11.3 Å². The third-order valence-electron chi connectivity index (χ3n) is 3.52. The first kappa shape index (κ1) is 15.1. The second-order valence-electron chi connectivity index (χ2n) is 5.61. The second-order valence-corrected chi connectivity index (χ2v) is 5.61. The van der Waals surface area contributed by atoms with E-state index >= 15 is 0 Å². The molecule has 5 nitrogen and oxygen atoms in total. The lowest BCUT2D eigenvalue weighted by atomic mass is 10.1. The van der Waals surface area contributed by atoms with E-state index in [1.165, 1.54) is 0 Å². The fourth-order valence-corrected chi connectivity index (χ4v) is 2.21. The number of amides is 1. The van der Waals surface area contributed by atoms with Crippen molar-refractivity contribution in [1.82, 2.24) is 10.5 Å². The van der Waals surface area contributed by atoms with Gasteiger partial charge in [0.25, 0.3) is 5.91 Å². The highest BCUT2D eigenvalue weighted by atomic mass is 16.5. The van der Waals surface area contributed by atoms with Gasteiger partial charge in [0.15, 0.2) is 5.76 Å². The Bertz CT molecular complexity index is 788. The van der Waals surface area contributed by atoms with Gasteiger partial charge in [0.2, 0.25) is 0 Å². The summed E-state index contributed by atoms with van der Waals surface area (Å²) in [5, 5.41) is 6.81. The number of hydrogen-bond acceptors (Lipinski definition) is 4. The van der Waals surface area contributed by atoms with E-state index in [1.807, 2.05) is 44.2 Å². The van der Waals surface area contributed by atoms with E-state index in [1.54, 1.807) is 18.4 Å². The van der Waals surface area contributed by atoms with Gasteiger partial charge in [0.05, 0.1) is 18.5 Å². The zero-order chi connectivity index (χ0) is 16.2. The second kappa shape index (κ2) is 6.52. The monoisotopic (exact) mass is 310 g/mol. The summed E-state index contributed by atoms with van der Waals surface area (Å²) in [7, 11) is 0. The van der Waals surface area contributed by atoms with E-state index in [0.29, 0.717) is 23.8 Å². The molecule has 1 amide bonds. The summed E-state index contributed by atoms with van der Waals surface area (Å²) in [4.78, 5) is 12.3. The van der Waals surface area contributed by atoms with E-state index in [2.05, 4.69) is 10.5 Å². The molecule has 0 aliphatic carbocycles. The molecule has 0 atom stereocenters. The fraction of sp³-hybridized carbons (Fsp3) is 0.222. The van der Waals surface area contributed by atoms with Gasteiger partial charge in [-0.15, -0.1) is 0 Å². The van der Waals surface area contributed by atoms with Crippen molar-refractivity contribution in [2.24, 2.45) is 0 Å². The van der Waals surface area contributed by atoms with Crippen LogP contribution in [0.2, 0.25) is 0 Å². The Kier molecular flexibility index (Phi) is 4.28. The Morgan fingerprint density at radius 3 is 2.78 bits per heavy atom. The summed E-state index contributed by atoms with van der Waals surface area (Å²) in [6, 6.07) is 12.8. The number of carbonyl (C=O) groups is 1. The van der Waals surface area contributed by atoms with E-state index < -0.39 is 0 Å². The molecule has 3 rings (SSSR count). The minimum atomic E-state index is -0.166. The van der Waals surface area contributed by atoms with Gasteiger partial charge in [-0.25, -0.2) is 0 Å². The van der Waals surface area contributed by atoms with E-state index in [4.69, 9.17) is 8.94 Å². The molecule has 1 N–H and O–H groups in total. The standard InChI is InChI=1S/C18H18N2O3/c1-12(2)16-10-15(23-20-16)11-19-18(21)14-6-3-5-13(9-14)17-7-4-8-22-17/h3-10,12H,11H2,1-2H3,(H,19,21). The lowest BCUT2D eigenvalue weighted by Gasteiger charge is -2.04. The van der Waals surface area contributed by atoms with Crippen molar-refractivity contribution >= 4 is 5.91 Å². The highest BCUT2D eigenvalue weighted by molar-refractivity contribution is 5.95. The molecule has 0 aliphatic rings. The summed E-state index contributed by atoms with van der Waals surface area (Å²) in [6.45, 7) is 4.39. The Balaban J connectivity index is 1.67. The number of nitrogens with one attached hydrogen (secondary N) is 1. The first-order chi connectivity index (χ1) is 11.1. The average molecular weight is 310 g/mol. The molecule has 118 valence electrons. The lowest BCUT2D eigenvalue weighted by Crippen LogP contribution is -2.22. The number of nitrogens with zero attached hydrogens (tertiary/aromatic N) is 1. The number of furan rings is 1. The highest BCUT2D eigenvalue weighted by Crippen LogP contribution is 2.21. The van der Waals surface area contributed by atoms with Gasteiger partial charge >= 0.3 is 0 Å². The van der Waals surface area contributed by atoms with Crippen LogP contribution in [0.15, 0.2) is 57.7 Å². The molecule has 2 aromatic heterocycles. The Hall–Kier alpha value is -2.82. The molecular weight excluding hydrogens is 292 g/mol. The number of benzene rings is 1. The van der Waals surface area contributed by atoms with Crippen LogP contribution >= 0.6 is 0 Å². The van der Waals surface area contributed by atoms with Crippen molar-refractivity contribution in [2.75, 3.05) is 0 Å². The van der Waals surface area contributed by atoms with Crippen LogP contribution in [0.3, 0.4) is 0 Å². The predicted octanol–water partition coefficient (Wildman–Crippen LogP) is 3.99. The number of aromatic nitrogens is 1. The fourth-order valence-electron chi connectivity index (χ4n) is 2.21. The third kappa shape index (κ3) is 3.51. The van der Waals surface area contributed by atoms with Crippen LogP contribution in [0.5, 0.6) is 0 Å². The Morgan fingerprint density at radius 2 is 2.09 bits per heavy atom. The summed E-state index contributed by atoms with van der Waals surface area (Å²) in [5.41, 5.74) is 2.32. The van der Waals surface area contributed by atoms with Crippen LogP contribution in [0.1, 0.15) is 41.6 Å². The summed E-state index contributed by atoms with van der Waals surface area (Å²) in [5.74, 6) is 1.51. The molecule has 3 aromatic rings. The van der Waals surface area contributed by atoms with E-state index in [-0.39, 0.29) is 5.91 Å². The lowest BCUT2D eigenvalue weighted by molar-refractivity contribution is 0.0947. The molecule has 23 heavy (non-hydrogen) atoms. The molecule has 1 aromatic carbocycles. The first-order valence-corrected chi connectivity index (χ1v) is 7.51. The average Bonchev–Trinajstić information content (AvgIpc) is 3.24. The van der Waals surface area contributed by atoms with Crippen LogP contribution in [0.4, 0.5) is 0 Å². The molecule has 0 saturated heterocycles. The quantitative estimate of drug-likeness (QED) is 0.773.